The number of rotatable bonds is 7. The highest BCUT2D eigenvalue weighted by Gasteiger charge is 2.35. The second-order valence-electron chi connectivity index (χ2n) is 6.96. The molecule has 0 aliphatic carbocycles. The van der Waals surface area contributed by atoms with Gasteiger partial charge in [0.1, 0.15) is 0 Å². The summed E-state index contributed by atoms with van der Waals surface area (Å²) in [5.74, 6) is -0.827. The van der Waals surface area contributed by atoms with E-state index in [-0.39, 0.29) is 15.9 Å². The van der Waals surface area contributed by atoms with Gasteiger partial charge in [0.25, 0.3) is 0 Å². The van der Waals surface area contributed by atoms with Crippen LogP contribution in [0.5, 0.6) is 0 Å². The second-order valence-corrected chi connectivity index (χ2v) is 9.49. The minimum atomic E-state index is -4.46. The molecule has 0 spiro atoms. The van der Waals surface area contributed by atoms with Crippen molar-refractivity contribution in [2.75, 3.05) is 0 Å². The van der Waals surface area contributed by atoms with Crippen LogP contribution in [-0.2, 0) is 11.0 Å². The normalized spacial score (nSPS) is 14.6. The summed E-state index contributed by atoms with van der Waals surface area (Å²) >= 11 is 2.48. The first-order chi connectivity index (χ1) is 14.8. The van der Waals surface area contributed by atoms with E-state index in [0.717, 1.165) is 33.7 Å². The molecule has 1 N–H and O–H groups in total. The van der Waals surface area contributed by atoms with Crippen LogP contribution in [0.3, 0.4) is 0 Å². The topological polar surface area (TPSA) is 37.3 Å². The molecule has 2 nitrogen and oxygen atoms in total. The highest BCUT2D eigenvalue weighted by atomic mass is 32.2. The van der Waals surface area contributed by atoms with Gasteiger partial charge in [0.05, 0.1) is 17.6 Å². The number of thioether (sulfide) groups is 2. The number of carbonyl (C=O) groups excluding carboxylic acids is 1. The van der Waals surface area contributed by atoms with Crippen LogP contribution >= 0.6 is 23.5 Å². The van der Waals surface area contributed by atoms with Gasteiger partial charge in [-0.15, -0.1) is 11.8 Å². The summed E-state index contributed by atoms with van der Waals surface area (Å²) in [4.78, 5) is 14.9. The molecule has 0 saturated heterocycles. The van der Waals surface area contributed by atoms with Gasteiger partial charge < -0.3 is 5.11 Å². The van der Waals surface area contributed by atoms with Gasteiger partial charge in [-0.3, -0.25) is 4.79 Å². The van der Waals surface area contributed by atoms with E-state index in [1.807, 2.05) is 55.5 Å². The van der Waals surface area contributed by atoms with Gasteiger partial charge >= 0.3 is 6.18 Å². The van der Waals surface area contributed by atoms with Crippen LogP contribution in [0.2, 0.25) is 0 Å². The average Bonchev–Trinajstić information content (AvgIpc) is 2.74. The monoisotopic (exact) mass is 462 g/mol. The van der Waals surface area contributed by atoms with Gasteiger partial charge in [-0.2, -0.15) is 13.2 Å². The third-order valence-electron chi connectivity index (χ3n) is 4.72. The van der Waals surface area contributed by atoms with Crippen LogP contribution in [-0.4, -0.2) is 15.5 Å². The fourth-order valence-corrected chi connectivity index (χ4v) is 5.36. The lowest BCUT2D eigenvalue weighted by Gasteiger charge is -2.27. The molecule has 3 aromatic carbocycles. The molecular weight excluding hydrogens is 441 g/mol. The highest BCUT2D eigenvalue weighted by Crippen LogP contribution is 2.39. The average molecular weight is 463 g/mol. The van der Waals surface area contributed by atoms with Crippen molar-refractivity contribution in [1.29, 1.82) is 0 Å². The lowest BCUT2D eigenvalue weighted by Crippen LogP contribution is -2.28. The Balaban J connectivity index is 1.87. The molecule has 0 heterocycles. The molecule has 162 valence electrons. The first kappa shape index (κ1) is 23.4. The maximum atomic E-state index is 13.2. The van der Waals surface area contributed by atoms with Gasteiger partial charge in [-0.1, -0.05) is 67.2 Å². The van der Waals surface area contributed by atoms with Crippen molar-refractivity contribution in [3.05, 3.63) is 96.1 Å². The smallest absolute Gasteiger partial charge is 0.388 e. The molecule has 3 aromatic rings. The zero-order valence-electron chi connectivity index (χ0n) is 16.6. The predicted octanol–water partition coefficient (Wildman–Crippen LogP) is 6.85. The Morgan fingerprint density at radius 2 is 1.35 bits per heavy atom. The fraction of sp³-hybridized carbons (Fsp3) is 0.208. The van der Waals surface area contributed by atoms with Crippen LogP contribution in [0.25, 0.3) is 0 Å². The number of hydrogen-bond donors (Lipinski definition) is 1. The molecule has 0 aliphatic rings. The largest absolute Gasteiger partial charge is 0.416 e. The van der Waals surface area contributed by atoms with Crippen LogP contribution < -0.4 is 0 Å². The Bertz CT molecular complexity index is 977. The molecule has 31 heavy (non-hydrogen) atoms. The van der Waals surface area contributed by atoms with Crippen molar-refractivity contribution < 1.29 is 23.1 Å². The van der Waals surface area contributed by atoms with E-state index in [9.17, 15) is 23.1 Å². The van der Waals surface area contributed by atoms with Gasteiger partial charge in [0, 0.05) is 15.0 Å². The van der Waals surface area contributed by atoms with E-state index >= 15 is 0 Å². The summed E-state index contributed by atoms with van der Waals surface area (Å²) in [5, 5.41) is 10.5. The SMILES string of the molecule is CC(Sc1ccccc1)C(C(=O)Sc1ccccc1)C(O)c1ccc(C(F)(F)F)cc1. The summed E-state index contributed by atoms with van der Waals surface area (Å²) in [6.07, 6.45) is -5.70. The third kappa shape index (κ3) is 6.38. The number of alkyl halides is 3. The number of carbonyl (C=O) groups is 1. The maximum Gasteiger partial charge on any atom is 0.416 e. The fourth-order valence-electron chi connectivity index (χ4n) is 3.11. The molecule has 0 bridgehead atoms. The van der Waals surface area contributed by atoms with Crippen molar-refractivity contribution in [3.63, 3.8) is 0 Å². The number of benzene rings is 3. The molecule has 0 aromatic heterocycles. The summed E-state index contributed by atoms with van der Waals surface area (Å²) in [7, 11) is 0. The molecule has 3 unspecified atom stereocenters. The molecule has 0 aliphatic heterocycles. The van der Waals surface area contributed by atoms with Crippen molar-refractivity contribution in [2.24, 2.45) is 5.92 Å². The lowest BCUT2D eigenvalue weighted by molar-refractivity contribution is -0.137. The Morgan fingerprint density at radius 1 is 0.839 bits per heavy atom. The molecule has 3 rings (SSSR count). The quantitative estimate of drug-likeness (QED) is 0.390. The Kier molecular flexibility index (Phi) is 7.86. The summed E-state index contributed by atoms with van der Waals surface area (Å²) in [6.45, 7) is 1.85. The minimum Gasteiger partial charge on any atom is -0.388 e. The first-order valence-corrected chi connectivity index (χ1v) is 11.3. The molecule has 0 fully saturated rings. The van der Waals surface area contributed by atoms with E-state index in [2.05, 4.69) is 0 Å². The minimum absolute atomic E-state index is 0.241. The Labute approximate surface area is 187 Å². The molecular formula is C24H21F3O2S2. The summed E-state index contributed by atoms with van der Waals surface area (Å²) < 4.78 is 38.7. The van der Waals surface area contributed by atoms with Gasteiger partial charge in [-0.05, 0) is 42.0 Å². The van der Waals surface area contributed by atoms with Gasteiger partial charge in [0.2, 0.25) is 5.12 Å². The first-order valence-electron chi connectivity index (χ1n) is 9.59. The van der Waals surface area contributed by atoms with Crippen molar-refractivity contribution in [1.82, 2.24) is 0 Å². The summed E-state index contributed by atoms with van der Waals surface area (Å²) in [5.41, 5.74) is -0.516. The molecule has 3 atom stereocenters. The number of aliphatic hydroxyl groups excluding tert-OH is 1. The van der Waals surface area contributed by atoms with Crippen molar-refractivity contribution in [3.8, 4) is 0 Å². The zero-order valence-corrected chi connectivity index (χ0v) is 18.3. The maximum absolute atomic E-state index is 13.2. The highest BCUT2D eigenvalue weighted by molar-refractivity contribution is 8.13. The molecule has 0 radical (unpaired) electrons. The number of halogens is 3. The lowest BCUT2D eigenvalue weighted by atomic mass is 9.93. The van der Waals surface area contributed by atoms with E-state index in [1.165, 1.54) is 23.9 Å². The van der Waals surface area contributed by atoms with Crippen LogP contribution in [0.4, 0.5) is 13.2 Å². The predicted molar refractivity (Wildman–Crippen MR) is 119 cm³/mol. The van der Waals surface area contributed by atoms with Gasteiger partial charge in [0.15, 0.2) is 0 Å². The van der Waals surface area contributed by atoms with Gasteiger partial charge in [-0.25, -0.2) is 0 Å². The number of aliphatic hydroxyl groups is 1. The Morgan fingerprint density at radius 3 is 1.87 bits per heavy atom. The zero-order chi connectivity index (χ0) is 22.4. The van der Waals surface area contributed by atoms with E-state index in [0.29, 0.717) is 0 Å². The van der Waals surface area contributed by atoms with Crippen LogP contribution in [0.1, 0.15) is 24.2 Å². The molecule has 0 saturated carbocycles. The Hall–Kier alpha value is -2.22. The summed E-state index contributed by atoms with van der Waals surface area (Å²) in [6, 6.07) is 22.9. The van der Waals surface area contributed by atoms with Crippen LogP contribution in [0, 0.1) is 5.92 Å². The number of hydrogen-bond acceptors (Lipinski definition) is 4. The van der Waals surface area contributed by atoms with Crippen molar-refractivity contribution in [2.45, 2.75) is 34.2 Å². The standard InChI is InChI=1S/C24H21F3O2S2/c1-16(30-19-8-4-2-5-9-19)21(23(29)31-20-10-6-3-7-11-20)22(28)17-12-14-18(15-13-17)24(25,26)27/h2-16,21-22,28H,1H3. The molecule has 7 heteroatoms. The van der Waals surface area contributed by atoms with E-state index in [4.69, 9.17) is 0 Å². The van der Waals surface area contributed by atoms with E-state index in [1.54, 1.807) is 12.1 Å². The molecule has 0 amide bonds. The third-order valence-corrected chi connectivity index (χ3v) is 6.91. The van der Waals surface area contributed by atoms with E-state index < -0.39 is 23.8 Å². The van der Waals surface area contributed by atoms with Crippen molar-refractivity contribution >= 4 is 28.6 Å². The van der Waals surface area contributed by atoms with Crippen LogP contribution in [0.15, 0.2) is 94.7 Å². The second kappa shape index (κ2) is 10.4.